The van der Waals surface area contributed by atoms with Crippen molar-refractivity contribution in [3.8, 4) is 6.07 Å². The molecule has 1 aromatic rings. The van der Waals surface area contributed by atoms with Crippen LogP contribution in [0.25, 0.3) is 0 Å². The molecule has 0 saturated heterocycles. The number of carbonyl (C=O) groups is 1. The smallest absolute Gasteiger partial charge is 0.379 e. The Balaban J connectivity index is 2.05. The zero-order valence-corrected chi connectivity index (χ0v) is 8.14. The summed E-state index contributed by atoms with van der Waals surface area (Å²) >= 11 is 0. The molecule has 1 saturated carbocycles. The van der Waals surface area contributed by atoms with Crippen molar-refractivity contribution in [1.29, 1.82) is 5.26 Å². The highest BCUT2D eigenvalue weighted by atomic mass is 16.5. The van der Waals surface area contributed by atoms with Crippen molar-refractivity contribution >= 4 is 5.97 Å². The fourth-order valence-electron chi connectivity index (χ4n) is 1.27. The second-order valence-electron chi connectivity index (χ2n) is 3.25. The minimum atomic E-state index is -0.596. The lowest BCUT2D eigenvalue weighted by molar-refractivity contribution is 0.0508. The van der Waals surface area contributed by atoms with Crippen LogP contribution < -0.4 is 0 Å². The molecule has 78 valence electrons. The number of hydrogen-bond donors (Lipinski definition) is 0. The van der Waals surface area contributed by atoms with E-state index in [-0.39, 0.29) is 24.3 Å². The molecular formula is C9H9N3O3. The molecule has 1 aromatic heterocycles. The summed E-state index contributed by atoms with van der Waals surface area (Å²) in [5.74, 6) is -0.382. The Kier molecular flexibility index (Phi) is 2.37. The third-order valence-electron chi connectivity index (χ3n) is 2.17. The van der Waals surface area contributed by atoms with E-state index in [9.17, 15) is 4.79 Å². The fraction of sp³-hybridized carbons (Fsp3) is 0.556. The van der Waals surface area contributed by atoms with E-state index in [1.165, 1.54) is 0 Å². The fourth-order valence-corrected chi connectivity index (χ4v) is 1.27. The normalized spacial score (nSPS) is 23.2. The van der Waals surface area contributed by atoms with Crippen molar-refractivity contribution < 1.29 is 14.1 Å². The lowest BCUT2D eigenvalue weighted by atomic mass is 10.3. The molecule has 2 rings (SSSR count). The molecule has 0 spiro atoms. The van der Waals surface area contributed by atoms with Gasteiger partial charge in [-0.25, -0.2) is 4.79 Å². The maximum Gasteiger partial charge on any atom is 0.379 e. The standard InChI is InChI=1S/C9H9N3O3/c1-2-14-9(13)7-11-8(15-12-7)6-3-5(6)4-10/h5-6H,2-3H2,1H3. The van der Waals surface area contributed by atoms with Crippen LogP contribution in [0.3, 0.4) is 0 Å². The molecule has 1 aliphatic carbocycles. The summed E-state index contributed by atoms with van der Waals surface area (Å²) in [5.41, 5.74) is 0. The lowest BCUT2D eigenvalue weighted by Gasteiger charge is -1.93. The van der Waals surface area contributed by atoms with E-state index in [0.717, 1.165) is 6.42 Å². The van der Waals surface area contributed by atoms with Gasteiger partial charge >= 0.3 is 5.97 Å². The first-order valence-corrected chi connectivity index (χ1v) is 4.66. The molecule has 0 aromatic carbocycles. The highest BCUT2D eigenvalue weighted by molar-refractivity contribution is 5.84. The third kappa shape index (κ3) is 1.81. The molecule has 1 fully saturated rings. The first kappa shape index (κ1) is 9.65. The van der Waals surface area contributed by atoms with E-state index in [2.05, 4.69) is 16.2 Å². The van der Waals surface area contributed by atoms with Gasteiger partial charge in [0.15, 0.2) is 0 Å². The van der Waals surface area contributed by atoms with E-state index >= 15 is 0 Å². The van der Waals surface area contributed by atoms with Crippen molar-refractivity contribution in [2.45, 2.75) is 19.3 Å². The van der Waals surface area contributed by atoms with Crippen LogP contribution in [-0.2, 0) is 4.74 Å². The van der Waals surface area contributed by atoms with E-state index in [0.29, 0.717) is 5.89 Å². The summed E-state index contributed by atoms with van der Waals surface area (Å²) in [4.78, 5) is 15.1. The van der Waals surface area contributed by atoms with E-state index < -0.39 is 5.97 Å². The molecule has 1 aliphatic rings. The second-order valence-corrected chi connectivity index (χ2v) is 3.25. The monoisotopic (exact) mass is 207 g/mol. The van der Waals surface area contributed by atoms with Gasteiger partial charge in [0.1, 0.15) is 0 Å². The van der Waals surface area contributed by atoms with Crippen molar-refractivity contribution in [3.05, 3.63) is 11.7 Å². The maximum atomic E-state index is 11.2. The maximum absolute atomic E-state index is 11.2. The largest absolute Gasteiger partial charge is 0.460 e. The number of nitrogens with zero attached hydrogens (tertiary/aromatic N) is 3. The van der Waals surface area contributed by atoms with Gasteiger partial charge in [-0.15, -0.1) is 0 Å². The first-order chi connectivity index (χ1) is 7.26. The zero-order valence-electron chi connectivity index (χ0n) is 8.14. The summed E-state index contributed by atoms with van der Waals surface area (Å²) in [6, 6.07) is 2.11. The van der Waals surface area contributed by atoms with Crippen molar-refractivity contribution in [1.82, 2.24) is 10.1 Å². The van der Waals surface area contributed by atoms with Crippen LogP contribution in [0, 0.1) is 17.2 Å². The van der Waals surface area contributed by atoms with Crippen LogP contribution in [-0.4, -0.2) is 22.7 Å². The predicted molar refractivity (Wildman–Crippen MR) is 46.7 cm³/mol. The molecule has 6 heteroatoms. The van der Waals surface area contributed by atoms with Crippen LogP contribution in [0.2, 0.25) is 0 Å². The quantitative estimate of drug-likeness (QED) is 0.683. The number of hydrogen-bond acceptors (Lipinski definition) is 6. The molecule has 0 aliphatic heterocycles. The van der Waals surface area contributed by atoms with Gasteiger partial charge in [0.25, 0.3) is 5.82 Å². The average Bonchev–Trinajstić information content (AvgIpc) is 2.86. The molecular weight excluding hydrogens is 198 g/mol. The Morgan fingerprint density at radius 1 is 1.80 bits per heavy atom. The molecule has 2 atom stereocenters. The van der Waals surface area contributed by atoms with Crippen molar-refractivity contribution in [3.63, 3.8) is 0 Å². The topological polar surface area (TPSA) is 89.0 Å². The van der Waals surface area contributed by atoms with E-state index in [4.69, 9.17) is 14.5 Å². The predicted octanol–water partition coefficient (Wildman–Crippen LogP) is 0.873. The Morgan fingerprint density at radius 3 is 3.20 bits per heavy atom. The highest BCUT2D eigenvalue weighted by Gasteiger charge is 2.43. The number of aromatic nitrogens is 2. The van der Waals surface area contributed by atoms with Gasteiger partial charge in [-0.3, -0.25) is 0 Å². The lowest BCUT2D eigenvalue weighted by Crippen LogP contribution is -2.06. The van der Waals surface area contributed by atoms with Crippen LogP contribution in [0.4, 0.5) is 0 Å². The summed E-state index contributed by atoms with van der Waals surface area (Å²) in [6.45, 7) is 1.97. The molecule has 2 unspecified atom stereocenters. The van der Waals surface area contributed by atoms with Gasteiger partial charge in [-0.05, 0) is 18.5 Å². The Bertz CT molecular complexity index is 420. The van der Waals surface area contributed by atoms with Gasteiger partial charge in [0, 0.05) is 0 Å². The number of carbonyl (C=O) groups excluding carboxylic acids is 1. The second kappa shape index (κ2) is 3.69. The van der Waals surface area contributed by atoms with Gasteiger partial charge in [-0.1, -0.05) is 0 Å². The third-order valence-corrected chi connectivity index (χ3v) is 2.17. The summed E-state index contributed by atoms with van der Waals surface area (Å²) in [7, 11) is 0. The summed E-state index contributed by atoms with van der Waals surface area (Å²) in [5, 5.41) is 12.1. The first-order valence-electron chi connectivity index (χ1n) is 4.66. The molecule has 6 nitrogen and oxygen atoms in total. The van der Waals surface area contributed by atoms with Gasteiger partial charge in [-0.2, -0.15) is 10.2 Å². The Hall–Kier alpha value is -1.90. The summed E-state index contributed by atoms with van der Waals surface area (Å²) < 4.78 is 9.58. The average molecular weight is 207 g/mol. The molecule has 0 radical (unpaired) electrons. The van der Waals surface area contributed by atoms with Crippen molar-refractivity contribution in [2.75, 3.05) is 6.61 Å². The van der Waals surface area contributed by atoms with Crippen LogP contribution >= 0.6 is 0 Å². The van der Waals surface area contributed by atoms with Crippen molar-refractivity contribution in [2.24, 2.45) is 5.92 Å². The molecule has 0 bridgehead atoms. The molecule has 1 heterocycles. The number of nitriles is 1. The Labute approximate surface area is 85.8 Å². The number of esters is 1. The number of ether oxygens (including phenoxy) is 1. The minimum Gasteiger partial charge on any atom is -0.460 e. The van der Waals surface area contributed by atoms with Gasteiger partial charge in [0.2, 0.25) is 5.89 Å². The molecule has 0 amide bonds. The molecule has 0 N–H and O–H groups in total. The van der Waals surface area contributed by atoms with Crippen LogP contribution in [0.5, 0.6) is 0 Å². The number of rotatable bonds is 3. The van der Waals surface area contributed by atoms with Crippen LogP contribution in [0.15, 0.2) is 4.52 Å². The van der Waals surface area contributed by atoms with E-state index in [1.807, 2.05) is 0 Å². The van der Waals surface area contributed by atoms with Gasteiger partial charge in [0.05, 0.1) is 24.5 Å². The Morgan fingerprint density at radius 2 is 2.60 bits per heavy atom. The highest BCUT2D eigenvalue weighted by Crippen LogP contribution is 2.45. The zero-order chi connectivity index (χ0) is 10.8. The minimum absolute atomic E-state index is 0.00863. The molecule has 15 heavy (non-hydrogen) atoms. The SMILES string of the molecule is CCOC(=O)c1noc(C2CC2C#N)n1. The van der Waals surface area contributed by atoms with E-state index in [1.54, 1.807) is 6.92 Å². The van der Waals surface area contributed by atoms with Gasteiger partial charge < -0.3 is 9.26 Å². The van der Waals surface area contributed by atoms with Crippen LogP contribution in [0.1, 0.15) is 35.8 Å². The summed E-state index contributed by atoms with van der Waals surface area (Å²) in [6.07, 6.45) is 0.723.